The molecule has 1 aliphatic heterocycles. The van der Waals surface area contributed by atoms with Gasteiger partial charge in [0.25, 0.3) is 5.91 Å². The zero-order chi connectivity index (χ0) is 23.5. The van der Waals surface area contributed by atoms with E-state index in [1.807, 2.05) is 50.2 Å². The summed E-state index contributed by atoms with van der Waals surface area (Å²) in [5.74, 6) is -0.754. The lowest BCUT2D eigenvalue weighted by molar-refractivity contribution is -0.129. The van der Waals surface area contributed by atoms with Gasteiger partial charge >= 0.3 is 0 Å². The number of carbonyl (C=O) groups excluding carboxylic acids is 2. The van der Waals surface area contributed by atoms with Crippen LogP contribution in [-0.2, 0) is 4.79 Å². The highest BCUT2D eigenvalue weighted by Crippen LogP contribution is 2.40. The first-order chi connectivity index (χ1) is 15.9. The molecule has 0 saturated heterocycles. The number of Topliss-reactive ketones (excluding diaryl/α,β-unsaturated/α-hetero) is 1. The Morgan fingerprint density at radius 3 is 2.58 bits per heavy atom. The predicted molar refractivity (Wildman–Crippen MR) is 129 cm³/mol. The van der Waals surface area contributed by atoms with Crippen LogP contribution in [0.15, 0.2) is 68.8 Å². The number of halogens is 1. The molecule has 2 aromatic carbocycles. The van der Waals surface area contributed by atoms with E-state index in [2.05, 4.69) is 15.9 Å². The van der Waals surface area contributed by atoms with E-state index in [9.17, 15) is 14.7 Å². The number of benzene rings is 2. The number of carbonyl (C=O) groups is 2. The van der Waals surface area contributed by atoms with E-state index in [4.69, 9.17) is 9.15 Å². The second-order valence-electron chi connectivity index (χ2n) is 8.06. The van der Waals surface area contributed by atoms with Gasteiger partial charge in [-0.3, -0.25) is 9.59 Å². The number of unbranched alkanes of at least 4 members (excludes halogenated alkanes) is 1. The first-order valence-electron chi connectivity index (χ1n) is 11.1. The molecule has 0 fully saturated rings. The standard InChI is InChI=1S/C26H26BrNO5/c1-3-5-12-28-23(16-6-9-19(10-7-16)32-13-4-2)22(25(30)26(28)31)24(29)21-15-17-14-18(27)8-11-20(17)33-21/h6-11,14-15,23,30H,3-5,12-13H2,1-2H3. The monoisotopic (exact) mass is 511 g/mol. The van der Waals surface area contributed by atoms with Crippen LogP contribution in [-0.4, -0.2) is 34.8 Å². The summed E-state index contributed by atoms with van der Waals surface area (Å²) in [7, 11) is 0. The molecule has 172 valence electrons. The van der Waals surface area contributed by atoms with Gasteiger partial charge in [-0.1, -0.05) is 48.3 Å². The lowest BCUT2D eigenvalue weighted by atomic mass is 9.95. The Morgan fingerprint density at radius 1 is 1.12 bits per heavy atom. The number of hydrogen-bond acceptors (Lipinski definition) is 5. The van der Waals surface area contributed by atoms with Crippen LogP contribution in [0.2, 0.25) is 0 Å². The molecule has 2 heterocycles. The molecule has 1 amide bonds. The van der Waals surface area contributed by atoms with Crippen LogP contribution in [0.4, 0.5) is 0 Å². The zero-order valence-electron chi connectivity index (χ0n) is 18.6. The predicted octanol–water partition coefficient (Wildman–Crippen LogP) is 6.36. The van der Waals surface area contributed by atoms with Crippen LogP contribution >= 0.6 is 15.9 Å². The summed E-state index contributed by atoms with van der Waals surface area (Å²) >= 11 is 3.42. The highest BCUT2D eigenvalue weighted by atomic mass is 79.9. The lowest BCUT2D eigenvalue weighted by Gasteiger charge is -2.26. The van der Waals surface area contributed by atoms with Crippen molar-refractivity contribution in [2.75, 3.05) is 13.2 Å². The summed E-state index contributed by atoms with van der Waals surface area (Å²) in [6.07, 6.45) is 2.53. The third-order valence-corrected chi connectivity index (χ3v) is 6.16. The van der Waals surface area contributed by atoms with Crippen molar-refractivity contribution in [1.82, 2.24) is 4.90 Å². The van der Waals surface area contributed by atoms with Gasteiger partial charge in [0.1, 0.15) is 11.3 Å². The average Bonchev–Trinajstić information content (AvgIpc) is 3.35. The van der Waals surface area contributed by atoms with Crippen molar-refractivity contribution in [1.29, 1.82) is 0 Å². The highest BCUT2D eigenvalue weighted by Gasteiger charge is 2.44. The minimum atomic E-state index is -0.697. The third kappa shape index (κ3) is 4.55. The quantitative estimate of drug-likeness (QED) is 0.338. The molecule has 3 aromatic rings. The molecule has 33 heavy (non-hydrogen) atoms. The number of rotatable bonds is 9. The van der Waals surface area contributed by atoms with Gasteiger partial charge in [0.15, 0.2) is 11.5 Å². The number of ether oxygens (including phenoxy) is 1. The van der Waals surface area contributed by atoms with Gasteiger partial charge in [-0.05, 0) is 54.8 Å². The minimum Gasteiger partial charge on any atom is -0.503 e. The summed E-state index contributed by atoms with van der Waals surface area (Å²) in [5, 5.41) is 11.5. The Balaban J connectivity index is 1.74. The summed E-state index contributed by atoms with van der Waals surface area (Å²) < 4.78 is 12.3. The Labute approximate surface area is 201 Å². The van der Waals surface area contributed by atoms with E-state index < -0.39 is 23.5 Å². The molecule has 0 bridgehead atoms. The Hall–Kier alpha value is -3.06. The molecule has 0 spiro atoms. The fraction of sp³-hybridized carbons (Fsp3) is 0.308. The van der Waals surface area contributed by atoms with Crippen molar-refractivity contribution >= 4 is 38.6 Å². The Morgan fingerprint density at radius 2 is 1.88 bits per heavy atom. The molecule has 1 N–H and O–H groups in total. The number of nitrogens with zero attached hydrogens (tertiary/aromatic N) is 1. The van der Waals surface area contributed by atoms with E-state index >= 15 is 0 Å². The topological polar surface area (TPSA) is 80.0 Å². The van der Waals surface area contributed by atoms with Crippen LogP contribution in [0.1, 0.15) is 55.3 Å². The zero-order valence-corrected chi connectivity index (χ0v) is 20.2. The van der Waals surface area contributed by atoms with E-state index in [1.165, 1.54) is 0 Å². The van der Waals surface area contributed by atoms with Gasteiger partial charge in [-0.15, -0.1) is 0 Å². The molecule has 0 aliphatic carbocycles. The molecular formula is C26H26BrNO5. The highest BCUT2D eigenvalue weighted by molar-refractivity contribution is 9.10. The molecule has 6 nitrogen and oxygen atoms in total. The van der Waals surface area contributed by atoms with Crippen molar-refractivity contribution in [2.24, 2.45) is 0 Å². The molecule has 1 atom stereocenters. The molecule has 4 rings (SSSR count). The SMILES string of the molecule is CCCCN1C(=O)C(O)=C(C(=O)c2cc3cc(Br)ccc3o2)C1c1ccc(OCCC)cc1. The van der Waals surface area contributed by atoms with Gasteiger partial charge in [0.2, 0.25) is 5.78 Å². The van der Waals surface area contributed by atoms with Crippen molar-refractivity contribution in [2.45, 2.75) is 39.2 Å². The minimum absolute atomic E-state index is 0.0384. The van der Waals surface area contributed by atoms with E-state index in [-0.39, 0.29) is 11.3 Å². The van der Waals surface area contributed by atoms with Crippen LogP contribution in [0, 0.1) is 0 Å². The van der Waals surface area contributed by atoms with Crippen molar-refractivity contribution in [3.05, 3.63) is 75.7 Å². The molecule has 0 radical (unpaired) electrons. The number of ketones is 1. The summed E-state index contributed by atoms with van der Waals surface area (Å²) in [4.78, 5) is 28.1. The van der Waals surface area contributed by atoms with Gasteiger partial charge in [-0.25, -0.2) is 0 Å². The summed E-state index contributed by atoms with van der Waals surface area (Å²) in [5.41, 5.74) is 1.33. The maximum Gasteiger partial charge on any atom is 0.290 e. The molecule has 0 saturated carbocycles. The number of hydrogen-bond donors (Lipinski definition) is 1. The van der Waals surface area contributed by atoms with E-state index in [0.29, 0.717) is 24.5 Å². The molecular weight excluding hydrogens is 486 g/mol. The Kier molecular flexibility index (Phi) is 6.88. The number of fused-ring (bicyclic) bond motifs is 1. The fourth-order valence-corrected chi connectivity index (χ4v) is 4.40. The average molecular weight is 512 g/mol. The lowest BCUT2D eigenvalue weighted by Crippen LogP contribution is -2.32. The van der Waals surface area contributed by atoms with Gasteiger partial charge < -0.3 is 19.2 Å². The van der Waals surface area contributed by atoms with E-state index in [1.54, 1.807) is 17.0 Å². The largest absolute Gasteiger partial charge is 0.503 e. The maximum atomic E-state index is 13.5. The second kappa shape index (κ2) is 9.83. The smallest absolute Gasteiger partial charge is 0.290 e. The van der Waals surface area contributed by atoms with E-state index in [0.717, 1.165) is 34.7 Å². The second-order valence-corrected chi connectivity index (χ2v) is 8.97. The van der Waals surface area contributed by atoms with Crippen molar-refractivity contribution in [3.8, 4) is 5.75 Å². The van der Waals surface area contributed by atoms with Crippen LogP contribution in [0.25, 0.3) is 11.0 Å². The van der Waals surface area contributed by atoms with Crippen LogP contribution < -0.4 is 4.74 Å². The normalized spacial score (nSPS) is 16.2. The molecule has 7 heteroatoms. The molecule has 1 aliphatic rings. The van der Waals surface area contributed by atoms with Crippen molar-refractivity contribution in [3.63, 3.8) is 0 Å². The van der Waals surface area contributed by atoms with Gasteiger partial charge in [0, 0.05) is 16.4 Å². The molecule has 1 aromatic heterocycles. The number of aliphatic hydroxyl groups excluding tert-OH is 1. The first-order valence-corrected chi connectivity index (χ1v) is 11.9. The maximum absolute atomic E-state index is 13.5. The summed E-state index contributed by atoms with van der Waals surface area (Å²) in [6.45, 7) is 5.10. The van der Waals surface area contributed by atoms with Crippen LogP contribution in [0.5, 0.6) is 5.75 Å². The van der Waals surface area contributed by atoms with Crippen molar-refractivity contribution < 1.29 is 23.8 Å². The van der Waals surface area contributed by atoms with Crippen LogP contribution in [0.3, 0.4) is 0 Å². The number of aliphatic hydroxyl groups is 1. The fourth-order valence-electron chi connectivity index (χ4n) is 4.02. The van der Waals surface area contributed by atoms with Gasteiger partial charge in [-0.2, -0.15) is 0 Å². The third-order valence-electron chi connectivity index (χ3n) is 5.67. The first kappa shape index (κ1) is 23.1. The number of furan rings is 1. The Bertz CT molecular complexity index is 1210. The summed E-state index contributed by atoms with van der Waals surface area (Å²) in [6, 6.07) is 13.7. The van der Waals surface area contributed by atoms with Gasteiger partial charge in [0.05, 0.1) is 18.2 Å². The molecule has 1 unspecified atom stereocenters. The number of amides is 1.